The average molecular weight is 217 g/mol. The van der Waals surface area contributed by atoms with Crippen molar-refractivity contribution < 1.29 is 9.90 Å². The fourth-order valence-electron chi connectivity index (χ4n) is 1.44. The van der Waals surface area contributed by atoms with Crippen molar-refractivity contribution in [1.82, 2.24) is 14.5 Å². The zero-order valence-corrected chi connectivity index (χ0v) is 8.58. The highest BCUT2D eigenvalue weighted by Crippen LogP contribution is 2.08. The van der Waals surface area contributed by atoms with Crippen molar-refractivity contribution in [3.05, 3.63) is 42.6 Å². The minimum absolute atomic E-state index is 0.0733. The third kappa shape index (κ3) is 2.25. The molecule has 0 spiro atoms. The van der Waals surface area contributed by atoms with E-state index in [-0.39, 0.29) is 6.42 Å². The van der Waals surface area contributed by atoms with Crippen LogP contribution in [0.2, 0.25) is 0 Å². The van der Waals surface area contributed by atoms with Crippen molar-refractivity contribution in [2.75, 3.05) is 0 Å². The minimum atomic E-state index is -0.824. The van der Waals surface area contributed by atoms with Gasteiger partial charge in [0, 0.05) is 25.0 Å². The van der Waals surface area contributed by atoms with Gasteiger partial charge in [-0.05, 0) is 12.1 Å². The Balaban J connectivity index is 2.23. The van der Waals surface area contributed by atoms with Crippen LogP contribution in [0.25, 0.3) is 5.82 Å². The van der Waals surface area contributed by atoms with Crippen LogP contribution in [-0.4, -0.2) is 25.6 Å². The van der Waals surface area contributed by atoms with Gasteiger partial charge in [-0.3, -0.25) is 9.36 Å². The number of imidazole rings is 1. The summed E-state index contributed by atoms with van der Waals surface area (Å²) >= 11 is 0. The lowest BCUT2D eigenvalue weighted by Gasteiger charge is -2.05. The number of hydrogen-bond donors (Lipinski definition) is 1. The molecule has 0 fully saturated rings. The molecule has 2 heterocycles. The first-order valence-corrected chi connectivity index (χ1v) is 4.93. The maximum atomic E-state index is 10.5. The molecule has 0 unspecified atom stereocenters. The fraction of sp³-hybridized carbons (Fsp3) is 0.182. The molecule has 16 heavy (non-hydrogen) atoms. The Morgan fingerprint density at radius 2 is 2.19 bits per heavy atom. The van der Waals surface area contributed by atoms with Gasteiger partial charge in [0.05, 0.1) is 6.42 Å². The Morgan fingerprint density at radius 3 is 2.88 bits per heavy atom. The smallest absolute Gasteiger partial charge is 0.303 e. The van der Waals surface area contributed by atoms with Crippen LogP contribution >= 0.6 is 0 Å². The molecule has 0 saturated heterocycles. The first-order chi connectivity index (χ1) is 7.77. The molecule has 2 rings (SSSR count). The quantitative estimate of drug-likeness (QED) is 0.837. The largest absolute Gasteiger partial charge is 0.481 e. The summed E-state index contributed by atoms with van der Waals surface area (Å²) in [5.41, 5.74) is 0. The molecule has 0 aliphatic rings. The summed E-state index contributed by atoms with van der Waals surface area (Å²) in [6.45, 7) is 0. The molecule has 1 N–H and O–H groups in total. The second-order valence-corrected chi connectivity index (χ2v) is 3.30. The molecule has 2 aromatic rings. The Hall–Kier alpha value is -2.17. The molecule has 0 saturated carbocycles. The summed E-state index contributed by atoms with van der Waals surface area (Å²) in [4.78, 5) is 18.8. The number of aliphatic carboxylic acids is 1. The van der Waals surface area contributed by atoms with Crippen molar-refractivity contribution in [2.24, 2.45) is 0 Å². The summed E-state index contributed by atoms with van der Waals surface area (Å²) in [6, 6.07) is 5.56. The van der Waals surface area contributed by atoms with Crippen LogP contribution in [0.5, 0.6) is 0 Å². The fourth-order valence-corrected chi connectivity index (χ4v) is 1.44. The molecule has 0 aliphatic carbocycles. The highest BCUT2D eigenvalue weighted by Gasteiger charge is 2.07. The molecule has 2 aromatic heterocycles. The molecule has 0 bridgehead atoms. The number of carboxylic acids is 1. The molecule has 0 radical (unpaired) electrons. The van der Waals surface area contributed by atoms with E-state index < -0.39 is 5.97 Å². The summed E-state index contributed by atoms with van der Waals surface area (Å²) in [5.74, 6) is 0.636. The van der Waals surface area contributed by atoms with Crippen molar-refractivity contribution in [2.45, 2.75) is 12.8 Å². The van der Waals surface area contributed by atoms with E-state index in [1.54, 1.807) is 23.2 Å². The number of carbonyl (C=O) groups is 1. The van der Waals surface area contributed by atoms with Gasteiger partial charge in [0.15, 0.2) is 0 Å². The molecule has 5 nitrogen and oxygen atoms in total. The molecular weight excluding hydrogens is 206 g/mol. The van der Waals surface area contributed by atoms with Gasteiger partial charge in [0.25, 0.3) is 0 Å². The predicted octanol–water partition coefficient (Wildman–Crippen LogP) is 1.28. The van der Waals surface area contributed by atoms with Crippen LogP contribution in [0.4, 0.5) is 0 Å². The van der Waals surface area contributed by atoms with E-state index in [2.05, 4.69) is 9.97 Å². The maximum Gasteiger partial charge on any atom is 0.303 e. The molecule has 0 atom stereocenters. The topological polar surface area (TPSA) is 68.0 Å². The van der Waals surface area contributed by atoms with Crippen molar-refractivity contribution in [3.8, 4) is 5.82 Å². The number of nitrogens with zero attached hydrogens (tertiary/aromatic N) is 3. The molecule has 0 aromatic carbocycles. The second kappa shape index (κ2) is 4.57. The lowest BCUT2D eigenvalue weighted by atomic mass is 10.3. The van der Waals surface area contributed by atoms with Gasteiger partial charge in [-0.1, -0.05) is 6.07 Å². The normalized spacial score (nSPS) is 10.2. The minimum Gasteiger partial charge on any atom is -0.481 e. The van der Waals surface area contributed by atoms with E-state index in [1.165, 1.54) is 0 Å². The van der Waals surface area contributed by atoms with Crippen LogP contribution < -0.4 is 0 Å². The summed E-state index contributed by atoms with van der Waals surface area (Å²) in [7, 11) is 0. The Bertz CT molecular complexity index is 479. The number of carboxylic acid groups (broad SMARTS) is 1. The lowest BCUT2D eigenvalue weighted by Crippen LogP contribution is -2.05. The van der Waals surface area contributed by atoms with E-state index in [0.29, 0.717) is 12.2 Å². The number of hydrogen-bond acceptors (Lipinski definition) is 3. The van der Waals surface area contributed by atoms with E-state index in [9.17, 15) is 4.79 Å². The van der Waals surface area contributed by atoms with Gasteiger partial charge in [0.1, 0.15) is 11.6 Å². The Labute approximate surface area is 92.4 Å². The van der Waals surface area contributed by atoms with Crippen molar-refractivity contribution >= 4 is 5.97 Å². The first-order valence-electron chi connectivity index (χ1n) is 4.93. The van der Waals surface area contributed by atoms with E-state index in [0.717, 1.165) is 5.82 Å². The van der Waals surface area contributed by atoms with Gasteiger partial charge in [0.2, 0.25) is 0 Å². The van der Waals surface area contributed by atoms with Crippen LogP contribution in [0.3, 0.4) is 0 Å². The molecule has 82 valence electrons. The van der Waals surface area contributed by atoms with E-state index in [1.807, 2.05) is 18.2 Å². The van der Waals surface area contributed by atoms with Gasteiger partial charge in [-0.25, -0.2) is 9.97 Å². The highest BCUT2D eigenvalue weighted by molar-refractivity contribution is 5.66. The predicted molar refractivity (Wildman–Crippen MR) is 57.3 cm³/mol. The number of aryl methyl sites for hydroxylation is 1. The first kappa shape index (κ1) is 10.4. The molecule has 5 heteroatoms. The number of pyridine rings is 1. The zero-order chi connectivity index (χ0) is 11.4. The van der Waals surface area contributed by atoms with Crippen molar-refractivity contribution in [1.29, 1.82) is 0 Å². The molecule has 0 amide bonds. The third-order valence-electron chi connectivity index (χ3n) is 2.18. The zero-order valence-electron chi connectivity index (χ0n) is 8.58. The van der Waals surface area contributed by atoms with Crippen LogP contribution in [0.1, 0.15) is 12.2 Å². The third-order valence-corrected chi connectivity index (χ3v) is 2.18. The summed E-state index contributed by atoms with van der Waals surface area (Å²) < 4.78 is 1.79. The van der Waals surface area contributed by atoms with Crippen LogP contribution in [-0.2, 0) is 11.2 Å². The average Bonchev–Trinajstić information content (AvgIpc) is 2.75. The second-order valence-electron chi connectivity index (χ2n) is 3.30. The van der Waals surface area contributed by atoms with Crippen molar-refractivity contribution in [3.63, 3.8) is 0 Å². The van der Waals surface area contributed by atoms with Gasteiger partial charge in [-0.2, -0.15) is 0 Å². The van der Waals surface area contributed by atoms with Gasteiger partial charge in [-0.15, -0.1) is 0 Å². The highest BCUT2D eigenvalue weighted by atomic mass is 16.4. The SMILES string of the molecule is O=C(O)CCc1nccn1-c1ccccn1. The summed E-state index contributed by atoms with van der Waals surface area (Å²) in [6.07, 6.45) is 5.59. The van der Waals surface area contributed by atoms with Crippen LogP contribution in [0, 0.1) is 0 Å². The monoisotopic (exact) mass is 217 g/mol. The van der Waals surface area contributed by atoms with Crippen LogP contribution in [0.15, 0.2) is 36.8 Å². The van der Waals surface area contributed by atoms with Gasteiger partial charge < -0.3 is 5.11 Å². The standard InChI is InChI=1S/C11H11N3O2/c15-11(16)5-4-10-13-7-8-14(10)9-3-1-2-6-12-9/h1-3,6-8H,4-5H2,(H,15,16). The lowest BCUT2D eigenvalue weighted by molar-refractivity contribution is -0.137. The van der Waals surface area contributed by atoms with E-state index in [4.69, 9.17) is 5.11 Å². The Kier molecular flexibility index (Phi) is 2.95. The summed E-state index contributed by atoms with van der Waals surface area (Å²) in [5, 5.41) is 8.62. The molecule has 0 aliphatic heterocycles. The Morgan fingerprint density at radius 1 is 1.31 bits per heavy atom. The number of rotatable bonds is 4. The molecular formula is C11H11N3O2. The van der Waals surface area contributed by atoms with Gasteiger partial charge >= 0.3 is 5.97 Å². The van der Waals surface area contributed by atoms with E-state index >= 15 is 0 Å². The number of aromatic nitrogens is 3. The maximum absolute atomic E-state index is 10.5.